The van der Waals surface area contributed by atoms with Crippen molar-refractivity contribution in [2.24, 2.45) is 0 Å². The molecule has 1 aliphatic heterocycles. The second kappa shape index (κ2) is 9.57. The maximum Gasteiger partial charge on any atom is 0.338 e. The summed E-state index contributed by atoms with van der Waals surface area (Å²) in [6.07, 6.45) is 1.87. The van der Waals surface area contributed by atoms with Crippen LogP contribution in [0.2, 0.25) is 0 Å². The monoisotopic (exact) mass is 448 g/mol. The summed E-state index contributed by atoms with van der Waals surface area (Å²) in [6, 6.07) is 16.8. The van der Waals surface area contributed by atoms with Crippen LogP contribution in [0.3, 0.4) is 0 Å². The molecule has 0 aliphatic carbocycles. The minimum Gasteiger partial charge on any atom is -0.462 e. The Hall–Kier alpha value is -3.12. The van der Waals surface area contributed by atoms with Gasteiger partial charge in [-0.1, -0.05) is 37.3 Å². The molecule has 0 saturated heterocycles. The fourth-order valence-corrected chi connectivity index (χ4v) is 5.84. The van der Waals surface area contributed by atoms with E-state index in [0.717, 1.165) is 18.4 Å². The highest BCUT2D eigenvalue weighted by Crippen LogP contribution is 2.42. The van der Waals surface area contributed by atoms with Crippen LogP contribution in [-0.4, -0.2) is 30.1 Å². The molecule has 0 bridgehead atoms. The Bertz CT molecular complexity index is 1110. The first-order chi connectivity index (χ1) is 15.5. The van der Waals surface area contributed by atoms with E-state index in [0.29, 0.717) is 24.4 Å². The summed E-state index contributed by atoms with van der Waals surface area (Å²) in [4.78, 5) is 29.8. The van der Waals surface area contributed by atoms with Crippen LogP contribution >= 0.6 is 11.3 Å². The van der Waals surface area contributed by atoms with Crippen LogP contribution in [0.5, 0.6) is 0 Å². The van der Waals surface area contributed by atoms with Gasteiger partial charge in [0.15, 0.2) is 0 Å². The maximum atomic E-state index is 13.4. The number of aryl methyl sites for hydroxylation is 1. The number of fused-ring (bicyclic) bond motifs is 1. The van der Waals surface area contributed by atoms with E-state index < -0.39 is 0 Å². The van der Waals surface area contributed by atoms with Gasteiger partial charge in [-0.05, 0) is 67.6 Å². The van der Waals surface area contributed by atoms with Gasteiger partial charge in [0.05, 0.1) is 18.2 Å². The van der Waals surface area contributed by atoms with Gasteiger partial charge in [0.25, 0.3) is 0 Å². The van der Waals surface area contributed by atoms with Crippen molar-refractivity contribution in [2.45, 2.75) is 39.7 Å². The molecular weight excluding hydrogens is 420 g/mol. The van der Waals surface area contributed by atoms with E-state index in [-0.39, 0.29) is 18.0 Å². The summed E-state index contributed by atoms with van der Waals surface area (Å²) in [6.45, 7) is 7.14. The Morgan fingerprint density at radius 3 is 2.47 bits per heavy atom. The number of hydrogen-bond donors (Lipinski definition) is 1. The lowest BCUT2D eigenvalue weighted by Gasteiger charge is -2.36. The second-order valence-corrected chi connectivity index (χ2v) is 9.07. The van der Waals surface area contributed by atoms with Crippen molar-refractivity contribution in [2.75, 3.05) is 18.5 Å². The summed E-state index contributed by atoms with van der Waals surface area (Å²) in [7, 11) is 0. The Kier molecular flexibility index (Phi) is 6.61. The number of carbonyl (C=O) groups excluding carboxylic acids is 2. The molecule has 1 unspecified atom stereocenters. The van der Waals surface area contributed by atoms with Gasteiger partial charge in [0, 0.05) is 22.0 Å². The number of benzene rings is 2. The molecule has 4 rings (SSSR count). The molecule has 1 atom stereocenters. The average Bonchev–Trinajstić information content (AvgIpc) is 3.14. The number of rotatable bonds is 5. The van der Waals surface area contributed by atoms with E-state index in [1.54, 1.807) is 31.2 Å². The van der Waals surface area contributed by atoms with Gasteiger partial charge in [-0.25, -0.2) is 9.59 Å². The minimum absolute atomic E-state index is 0.109. The highest BCUT2D eigenvalue weighted by atomic mass is 32.1. The van der Waals surface area contributed by atoms with Crippen LogP contribution in [0.15, 0.2) is 54.6 Å². The average molecular weight is 449 g/mol. The molecule has 6 heteroatoms. The molecule has 5 nitrogen and oxygen atoms in total. The van der Waals surface area contributed by atoms with Crippen LogP contribution in [0.4, 0.5) is 10.5 Å². The minimum atomic E-state index is -0.363. The van der Waals surface area contributed by atoms with Gasteiger partial charge < -0.3 is 15.0 Å². The van der Waals surface area contributed by atoms with Crippen molar-refractivity contribution in [3.63, 3.8) is 0 Å². The number of carbonyl (C=O) groups is 2. The van der Waals surface area contributed by atoms with Gasteiger partial charge >= 0.3 is 12.0 Å². The van der Waals surface area contributed by atoms with Crippen molar-refractivity contribution in [1.29, 1.82) is 0 Å². The number of thiophene rings is 1. The summed E-state index contributed by atoms with van der Waals surface area (Å²) < 4.78 is 5.03. The number of esters is 1. The molecule has 1 N–H and O–H groups in total. The highest BCUT2D eigenvalue weighted by molar-refractivity contribution is 7.12. The number of anilines is 1. The normalized spacial score (nSPS) is 15.2. The highest BCUT2D eigenvalue weighted by Gasteiger charge is 2.35. The first-order valence-corrected chi connectivity index (χ1v) is 11.9. The molecule has 0 spiro atoms. The first-order valence-electron chi connectivity index (χ1n) is 11.0. The zero-order valence-corrected chi connectivity index (χ0v) is 19.5. The van der Waals surface area contributed by atoms with Crippen LogP contribution < -0.4 is 5.32 Å². The van der Waals surface area contributed by atoms with Crippen molar-refractivity contribution >= 4 is 29.0 Å². The molecule has 32 heavy (non-hydrogen) atoms. The van der Waals surface area contributed by atoms with Crippen molar-refractivity contribution in [1.82, 2.24) is 4.90 Å². The van der Waals surface area contributed by atoms with Crippen molar-refractivity contribution < 1.29 is 14.3 Å². The van der Waals surface area contributed by atoms with E-state index in [1.165, 1.54) is 20.9 Å². The van der Waals surface area contributed by atoms with E-state index in [9.17, 15) is 9.59 Å². The molecule has 1 aliphatic rings. The van der Waals surface area contributed by atoms with Crippen LogP contribution in [0.25, 0.3) is 0 Å². The number of urea groups is 1. The Morgan fingerprint density at radius 1 is 1.09 bits per heavy atom. The zero-order valence-electron chi connectivity index (χ0n) is 18.7. The maximum absolute atomic E-state index is 13.4. The topological polar surface area (TPSA) is 58.6 Å². The number of amides is 2. The molecule has 0 radical (unpaired) electrons. The molecule has 0 saturated carbocycles. The SMILES string of the molecule is CCOC(=O)c1ccc(NC(=O)N2CCc3c(sc(C)c3CC)C2c2ccccc2)cc1. The summed E-state index contributed by atoms with van der Waals surface area (Å²) in [5, 5.41) is 3.02. The lowest BCUT2D eigenvalue weighted by molar-refractivity contribution is 0.0526. The van der Waals surface area contributed by atoms with Crippen molar-refractivity contribution in [3.05, 3.63) is 86.6 Å². The number of nitrogens with zero attached hydrogens (tertiary/aromatic N) is 1. The van der Waals surface area contributed by atoms with Crippen LogP contribution in [0.1, 0.15) is 56.7 Å². The molecule has 0 fully saturated rings. The number of nitrogens with one attached hydrogen (secondary N) is 1. The van der Waals surface area contributed by atoms with E-state index >= 15 is 0 Å². The smallest absolute Gasteiger partial charge is 0.338 e. The van der Waals surface area contributed by atoms with E-state index in [4.69, 9.17) is 4.74 Å². The van der Waals surface area contributed by atoms with Crippen molar-refractivity contribution in [3.8, 4) is 0 Å². The zero-order chi connectivity index (χ0) is 22.7. The second-order valence-electron chi connectivity index (χ2n) is 7.82. The fraction of sp³-hybridized carbons (Fsp3) is 0.308. The van der Waals surface area contributed by atoms with Gasteiger partial charge in [-0.3, -0.25) is 0 Å². The Balaban J connectivity index is 1.61. The van der Waals surface area contributed by atoms with E-state index in [1.807, 2.05) is 34.4 Å². The van der Waals surface area contributed by atoms with Crippen LogP contribution in [0, 0.1) is 6.92 Å². The largest absolute Gasteiger partial charge is 0.462 e. The third-order valence-corrected chi connectivity index (χ3v) is 7.13. The lowest BCUT2D eigenvalue weighted by atomic mass is 9.92. The Morgan fingerprint density at radius 2 is 1.81 bits per heavy atom. The van der Waals surface area contributed by atoms with Gasteiger partial charge in [0.1, 0.15) is 0 Å². The van der Waals surface area contributed by atoms with Gasteiger partial charge in [-0.2, -0.15) is 0 Å². The molecule has 166 valence electrons. The quantitative estimate of drug-likeness (QED) is 0.489. The summed E-state index contributed by atoms with van der Waals surface area (Å²) in [5.74, 6) is -0.363. The lowest BCUT2D eigenvalue weighted by Crippen LogP contribution is -2.42. The summed E-state index contributed by atoms with van der Waals surface area (Å²) in [5.41, 5.74) is 5.07. The van der Waals surface area contributed by atoms with E-state index in [2.05, 4.69) is 31.3 Å². The first kappa shape index (κ1) is 22.1. The third-order valence-electron chi connectivity index (χ3n) is 5.89. The number of ether oxygens (including phenoxy) is 1. The molecular formula is C26H28N2O3S. The molecule has 2 aromatic carbocycles. The predicted molar refractivity (Wildman–Crippen MR) is 129 cm³/mol. The van der Waals surface area contributed by atoms with Crippen LogP contribution in [-0.2, 0) is 17.6 Å². The number of hydrogen-bond acceptors (Lipinski definition) is 4. The standard InChI is InChI=1S/C26H28N2O3S/c1-4-21-17(3)32-24-22(21)15-16-28(23(24)18-9-7-6-8-10-18)26(30)27-20-13-11-19(12-14-20)25(29)31-5-2/h6-14,23H,4-5,15-16H2,1-3H3,(H,27,30). The van der Waals surface area contributed by atoms with Gasteiger partial charge in [0.2, 0.25) is 0 Å². The molecule has 3 aromatic rings. The fourth-order valence-electron chi connectivity index (χ4n) is 4.39. The molecule has 1 aromatic heterocycles. The molecule has 2 heterocycles. The Labute approximate surface area is 193 Å². The predicted octanol–water partition coefficient (Wildman–Crippen LogP) is 5.98. The van der Waals surface area contributed by atoms with Gasteiger partial charge in [-0.15, -0.1) is 11.3 Å². The molecule has 2 amide bonds. The summed E-state index contributed by atoms with van der Waals surface area (Å²) >= 11 is 1.81. The third kappa shape index (κ3) is 4.28.